The van der Waals surface area contributed by atoms with E-state index in [1.807, 2.05) is 0 Å². The first kappa shape index (κ1) is 11.6. The third-order valence-corrected chi connectivity index (χ3v) is 2.91. The summed E-state index contributed by atoms with van der Waals surface area (Å²) in [6.07, 6.45) is 2.09. The van der Waals surface area contributed by atoms with Crippen molar-refractivity contribution in [1.82, 2.24) is 5.32 Å². The number of thioether (sulfide) groups is 1. The molecule has 14 heavy (non-hydrogen) atoms. The van der Waals surface area contributed by atoms with Crippen molar-refractivity contribution in [2.45, 2.75) is 24.4 Å². The van der Waals surface area contributed by atoms with Gasteiger partial charge in [0.05, 0.1) is 0 Å². The Hall–Kier alpha value is -0.510. The molecule has 0 aliphatic rings. The second-order valence-electron chi connectivity index (χ2n) is 3.37. The molecule has 3 N–H and O–H groups in total. The van der Waals surface area contributed by atoms with Crippen LogP contribution in [0.3, 0.4) is 0 Å². The molecule has 1 rings (SSSR count). The van der Waals surface area contributed by atoms with Gasteiger partial charge in [-0.25, -0.2) is 0 Å². The lowest BCUT2D eigenvalue weighted by Gasteiger charge is -2.11. The summed E-state index contributed by atoms with van der Waals surface area (Å²) in [5.41, 5.74) is 6.82. The zero-order valence-electron chi connectivity index (χ0n) is 8.79. The minimum atomic E-state index is 0.384. The topological polar surface area (TPSA) is 38.0 Å². The third kappa shape index (κ3) is 3.70. The number of benzene rings is 1. The summed E-state index contributed by atoms with van der Waals surface area (Å²) < 4.78 is 0. The Kier molecular flexibility index (Phi) is 5.01. The van der Waals surface area contributed by atoms with E-state index < -0.39 is 0 Å². The van der Waals surface area contributed by atoms with E-state index in [1.165, 1.54) is 10.5 Å². The summed E-state index contributed by atoms with van der Waals surface area (Å²) in [6.45, 7) is 3.67. The number of nitrogens with one attached hydrogen (secondary N) is 1. The molecule has 2 nitrogen and oxygen atoms in total. The molecule has 78 valence electrons. The van der Waals surface area contributed by atoms with Crippen LogP contribution in [0, 0.1) is 0 Å². The maximum Gasteiger partial charge on any atom is 0.0208 e. The van der Waals surface area contributed by atoms with Crippen LogP contribution in [-0.2, 0) is 6.54 Å². The van der Waals surface area contributed by atoms with E-state index in [4.69, 9.17) is 5.73 Å². The van der Waals surface area contributed by atoms with Crippen LogP contribution in [0.1, 0.15) is 12.5 Å². The van der Waals surface area contributed by atoms with Crippen LogP contribution < -0.4 is 11.1 Å². The summed E-state index contributed by atoms with van der Waals surface area (Å²) in [4.78, 5) is 1.31. The van der Waals surface area contributed by atoms with Crippen molar-refractivity contribution < 1.29 is 0 Å². The second-order valence-corrected chi connectivity index (χ2v) is 4.25. The van der Waals surface area contributed by atoms with E-state index in [2.05, 4.69) is 42.8 Å². The lowest BCUT2D eigenvalue weighted by molar-refractivity contribution is 0.556. The number of rotatable bonds is 5. The van der Waals surface area contributed by atoms with Crippen molar-refractivity contribution in [3.8, 4) is 0 Å². The van der Waals surface area contributed by atoms with Gasteiger partial charge in [0.25, 0.3) is 0 Å². The molecule has 0 fully saturated rings. The van der Waals surface area contributed by atoms with Crippen LogP contribution in [0.25, 0.3) is 0 Å². The molecule has 0 radical (unpaired) electrons. The molecular formula is C11H18N2S. The number of hydrogen-bond donors (Lipinski definition) is 2. The molecule has 1 aromatic carbocycles. The van der Waals surface area contributed by atoms with Crippen molar-refractivity contribution in [3.63, 3.8) is 0 Å². The van der Waals surface area contributed by atoms with Gasteiger partial charge in [0.15, 0.2) is 0 Å². The maximum absolute atomic E-state index is 5.52. The molecule has 0 aromatic heterocycles. The van der Waals surface area contributed by atoms with Crippen molar-refractivity contribution in [3.05, 3.63) is 29.8 Å². The molecule has 0 heterocycles. The molecular weight excluding hydrogens is 192 g/mol. The van der Waals surface area contributed by atoms with Gasteiger partial charge in [0, 0.05) is 24.0 Å². The molecule has 0 bridgehead atoms. The van der Waals surface area contributed by atoms with Crippen molar-refractivity contribution in [2.75, 3.05) is 12.8 Å². The van der Waals surface area contributed by atoms with E-state index in [1.54, 1.807) is 11.8 Å². The van der Waals surface area contributed by atoms with Gasteiger partial charge < -0.3 is 11.1 Å². The smallest absolute Gasteiger partial charge is 0.0208 e. The van der Waals surface area contributed by atoms with Crippen molar-refractivity contribution in [2.24, 2.45) is 5.73 Å². The average molecular weight is 210 g/mol. The molecule has 0 amide bonds. The van der Waals surface area contributed by atoms with E-state index in [0.717, 1.165) is 6.54 Å². The molecule has 1 atom stereocenters. The fraction of sp³-hybridized carbons (Fsp3) is 0.455. The fourth-order valence-electron chi connectivity index (χ4n) is 1.12. The zero-order chi connectivity index (χ0) is 10.4. The van der Waals surface area contributed by atoms with E-state index in [0.29, 0.717) is 12.6 Å². The summed E-state index contributed by atoms with van der Waals surface area (Å²) in [5, 5.41) is 3.35. The highest BCUT2D eigenvalue weighted by Gasteiger charge is 1.98. The highest BCUT2D eigenvalue weighted by atomic mass is 32.2. The van der Waals surface area contributed by atoms with Gasteiger partial charge in [0.1, 0.15) is 0 Å². The van der Waals surface area contributed by atoms with Crippen LogP contribution in [0.2, 0.25) is 0 Å². The molecule has 0 spiro atoms. The Bertz CT molecular complexity index is 258. The van der Waals surface area contributed by atoms with Gasteiger partial charge in [-0.2, -0.15) is 0 Å². The fourth-order valence-corrected chi connectivity index (χ4v) is 1.53. The Balaban J connectivity index is 2.43. The van der Waals surface area contributed by atoms with Crippen LogP contribution >= 0.6 is 11.8 Å². The summed E-state index contributed by atoms with van der Waals surface area (Å²) in [6, 6.07) is 8.99. The Morgan fingerprint density at radius 3 is 2.50 bits per heavy atom. The average Bonchev–Trinajstić information content (AvgIpc) is 2.26. The Labute approximate surface area is 90.3 Å². The summed E-state index contributed by atoms with van der Waals surface area (Å²) in [7, 11) is 0. The number of nitrogens with two attached hydrogens (primary N) is 1. The lowest BCUT2D eigenvalue weighted by atomic mass is 10.2. The van der Waals surface area contributed by atoms with Crippen LogP contribution in [-0.4, -0.2) is 18.8 Å². The van der Waals surface area contributed by atoms with Gasteiger partial charge in [-0.15, -0.1) is 11.8 Å². The van der Waals surface area contributed by atoms with Crippen LogP contribution in [0.4, 0.5) is 0 Å². The largest absolute Gasteiger partial charge is 0.329 e. The van der Waals surface area contributed by atoms with Gasteiger partial charge in [-0.05, 0) is 30.9 Å². The van der Waals surface area contributed by atoms with Gasteiger partial charge in [-0.3, -0.25) is 0 Å². The molecule has 3 heteroatoms. The van der Waals surface area contributed by atoms with Crippen molar-refractivity contribution >= 4 is 11.8 Å². The molecule has 0 aliphatic heterocycles. The molecule has 0 unspecified atom stereocenters. The SMILES string of the molecule is CSc1ccc(CN[C@H](C)CN)cc1. The van der Waals surface area contributed by atoms with Crippen molar-refractivity contribution in [1.29, 1.82) is 0 Å². The van der Waals surface area contributed by atoms with E-state index in [9.17, 15) is 0 Å². The van der Waals surface area contributed by atoms with Gasteiger partial charge in [-0.1, -0.05) is 12.1 Å². The van der Waals surface area contributed by atoms with E-state index >= 15 is 0 Å². The maximum atomic E-state index is 5.52. The normalized spacial score (nSPS) is 12.8. The number of hydrogen-bond acceptors (Lipinski definition) is 3. The molecule has 0 saturated carbocycles. The molecule has 1 aromatic rings. The predicted octanol–water partition coefficient (Wildman–Crippen LogP) is 1.85. The minimum absolute atomic E-state index is 0.384. The highest BCUT2D eigenvalue weighted by molar-refractivity contribution is 7.98. The highest BCUT2D eigenvalue weighted by Crippen LogP contribution is 2.14. The van der Waals surface area contributed by atoms with Crippen LogP contribution in [0.5, 0.6) is 0 Å². The van der Waals surface area contributed by atoms with Gasteiger partial charge >= 0.3 is 0 Å². The lowest BCUT2D eigenvalue weighted by Crippen LogP contribution is -2.32. The summed E-state index contributed by atoms with van der Waals surface area (Å²) >= 11 is 1.77. The van der Waals surface area contributed by atoms with Gasteiger partial charge in [0.2, 0.25) is 0 Å². The monoisotopic (exact) mass is 210 g/mol. The Morgan fingerprint density at radius 2 is 2.00 bits per heavy atom. The first-order valence-electron chi connectivity index (χ1n) is 4.82. The summed E-state index contributed by atoms with van der Waals surface area (Å²) in [5.74, 6) is 0. The van der Waals surface area contributed by atoms with Crippen LogP contribution in [0.15, 0.2) is 29.2 Å². The first-order chi connectivity index (χ1) is 6.76. The first-order valence-corrected chi connectivity index (χ1v) is 6.05. The standard InChI is InChI=1S/C11H18N2S/c1-9(7-12)13-8-10-3-5-11(14-2)6-4-10/h3-6,9,13H,7-8,12H2,1-2H3/t9-/m1/s1. The van der Waals surface area contributed by atoms with E-state index in [-0.39, 0.29) is 0 Å². The minimum Gasteiger partial charge on any atom is -0.329 e. The predicted molar refractivity (Wildman–Crippen MR) is 63.6 cm³/mol. The Morgan fingerprint density at radius 1 is 1.36 bits per heavy atom. The second kappa shape index (κ2) is 6.06. The quantitative estimate of drug-likeness (QED) is 0.728. The molecule has 0 aliphatic carbocycles. The zero-order valence-corrected chi connectivity index (χ0v) is 9.60. The third-order valence-electron chi connectivity index (χ3n) is 2.17. The molecule has 0 saturated heterocycles.